The van der Waals surface area contributed by atoms with E-state index >= 15 is 0 Å². The molecule has 0 spiro atoms. The van der Waals surface area contributed by atoms with Gasteiger partial charge in [-0.1, -0.05) is 30.4 Å². The van der Waals surface area contributed by atoms with Gasteiger partial charge >= 0.3 is 6.18 Å². The van der Waals surface area contributed by atoms with E-state index in [1.165, 1.54) is 6.07 Å². The maximum absolute atomic E-state index is 12.9. The molecule has 2 rings (SSSR count). The fourth-order valence-electron chi connectivity index (χ4n) is 5.33. The van der Waals surface area contributed by atoms with Crippen molar-refractivity contribution in [3.63, 3.8) is 0 Å². The van der Waals surface area contributed by atoms with Crippen molar-refractivity contribution in [2.45, 2.75) is 95.1 Å². The van der Waals surface area contributed by atoms with Crippen LogP contribution in [0.3, 0.4) is 0 Å². The lowest BCUT2D eigenvalue weighted by Gasteiger charge is -2.23. The molecule has 0 saturated heterocycles. The van der Waals surface area contributed by atoms with Gasteiger partial charge in [0.25, 0.3) is 0 Å². The van der Waals surface area contributed by atoms with Crippen molar-refractivity contribution in [2.24, 2.45) is 11.8 Å². The van der Waals surface area contributed by atoms with Gasteiger partial charge in [-0.3, -0.25) is 20.0 Å². The van der Waals surface area contributed by atoms with Crippen LogP contribution in [0.1, 0.15) is 75.3 Å². The van der Waals surface area contributed by atoms with Crippen molar-refractivity contribution in [1.29, 1.82) is 0 Å². The summed E-state index contributed by atoms with van der Waals surface area (Å²) in [6, 6.07) is 5.10. The molecule has 12 heteroatoms. The number of carbonyl (C=O) groups is 1. The standard InChI is InChI=1S/C29H45F3N2O7/c1-33(17-6-7-18-41-34(39)40)28(38)12-5-3-2-4-11-24-25(27(37)20-26(24)36)16-15-23(35)14-13-21-9-8-10-22(19-21)29(30,31)32/h2,4,8-10,19,23-27,35-37,39-40H,3,5-7,11-18,20H2,1H3/b4-2-/t23-,24+,25+,26-,27+/m0/s1. The highest BCUT2D eigenvalue weighted by Gasteiger charge is 2.40. The second-order valence-corrected chi connectivity index (χ2v) is 10.9. The number of unbranched alkanes of at least 4 members (excludes halogenated alkanes) is 2. The van der Waals surface area contributed by atoms with Gasteiger partial charge in [0, 0.05) is 20.0 Å². The van der Waals surface area contributed by atoms with Crippen LogP contribution in [0.5, 0.6) is 0 Å². The number of nitrogens with zero attached hydrogens (tertiary/aromatic N) is 2. The molecule has 1 aliphatic rings. The van der Waals surface area contributed by atoms with Crippen molar-refractivity contribution < 1.29 is 48.5 Å². The first-order valence-electron chi connectivity index (χ1n) is 14.3. The summed E-state index contributed by atoms with van der Waals surface area (Å²) in [4.78, 5) is 18.3. The fourth-order valence-corrected chi connectivity index (χ4v) is 5.33. The number of aliphatic hydroxyl groups is 3. The van der Waals surface area contributed by atoms with Gasteiger partial charge < -0.3 is 20.2 Å². The van der Waals surface area contributed by atoms with Gasteiger partial charge in [-0.05, 0) is 87.7 Å². The van der Waals surface area contributed by atoms with Crippen LogP contribution >= 0.6 is 0 Å². The number of alkyl halides is 3. The number of allylic oxidation sites excluding steroid dienone is 2. The van der Waals surface area contributed by atoms with Crippen LogP contribution in [0.25, 0.3) is 0 Å². The smallest absolute Gasteiger partial charge is 0.393 e. The molecule has 0 bridgehead atoms. The van der Waals surface area contributed by atoms with Gasteiger partial charge in [-0.15, -0.1) is 0 Å². The number of hydrogen-bond acceptors (Lipinski definition) is 8. The lowest BCUT2D eigenvalue weighted by atomic mass is 9.85. The minimum atomic E-state index is -4.41. The van der Waals surface area contributed by atoms with Crippen molar-refractivity contribution in [3.05, 3.63) is 47.5 Å². The Morgan fingerprint density at radius 2 is 1.83 bits per heavy atom. The molecule has 1 aliphatic carbocycles. The Balaban J connectivity index is 1.68. The number of hydrogen-bond donors (Lipinski definition) is 5. The molecule has 5 N–H and O–H groups in total. The Labute approximate surface area is 239 Å². The largest absolute Gasteiger partial charge is 0.416 e. The van der Waals surface area contributed by atoms with E-state index < -0.39 is 30.1 Å². The summed E-state index contributed by atoms with van der Waals surface area (Å²) in [5, 5.41) is 48.0. The maximum Gasteiger partial charge on any atom is 0.416 e. The number of benzene rings is 1. The Kier molecular flexibility index (Phi) is 15.2. The molecule has 41 heavy (non-hydrogen) atoms. The highest BCUT2D eigenvalue weighted by molar-refractivity contribution is 5.75. The SMILES string of the molecule is CN(CCCCON(O)O)C(=O)CCC/C=C\C[C@@H]1[C@@H](CC[C@@H](O)CCc2cccc(C(F)(F)F)c2)[C@H](O)C[C@@H]1O. The van der Waals surface area contributed by atoms with Crippen LogP contribution in [0, 0.1) is 11.8 Å². The third-order valence-corrected chi connectivity index (χ3v) is 7.73. The number of carbonyl (C=O) groups excluding carboxylic acids is 1. The molecule has 1 amide bonds. The topological polar surface area (TPSA) is 134 Å². The van der Waals surface area contributed by atoms with Gasteiger partial charge in [0.15, 0.2) is 0 Å². The molecule has 0 heterocycles. The molecular formula is C29H45F3N2O7. The second kappa shape index (κ2) is 17.8. The first kappa shape index (κ1) is 35.1. The highest BCUT2D eigenvalue weighted by Crippen LogP contribution is 2.38. The van der Waals surface area contributed by atoms with Crippen LogP contribution in [-0.2, 0) is 22.2 Å². The average Bonchev–Trinajstić information content (AvgIpc) is 3.18. The van der Waals surface area contributed by atoms with E-state index in [0.717, 1.165) is 12.1 Å². The predicted molar refractivity (Wildman–Crippen MR) is 144 cm³/mol. The van der Waals surface area contributed by atoms with Crippen LogP contribution < -0.4 is 0 Å². The fraction of sp³-hybridized carbons (Fsp3) is 0.690. The second-order valence-electron chi connectivity index (χ2n) is 10.9. The lowest BCUT2D eigenvalue weighted by Crippen LogP contribution is -2.27. The molecule has 1 saturated carbocycles. The molecule has 0 aliphatic heterocycles. The van der Waals surface area contributed by atoms with Gasteiger partial charge in [-0.2, -0.15) is 13.2 Å². The third-order valence-electron chi connectivity index (χ3n) is 7.73. The van der Waals surface area contributed by atoms with E-state index in [9.17, 15) is 33.3 Å². The Morgan fingerprint density at radius 3 is 2.54 bits per heavy atom. The van der Waals surface area contributed by atoms with Crippen LogP contribution in [0.2, 0.25) is 0 Å². The minimum absolute atomic E-state index is 0.0197. The molecule has 0 radical (unpaired) electrons. The zero-order valence-electron chi connectivity index (χ0n) is 23.6. The molecular weight excluding hydrogens is 545 g/mol. The van der Waals surface area contributed by atoms with E-state index in [0.29, 0.717) is 76.3 Å². The summed E-state index contributed by atoms with van der Waals surface area (Å²) >= 11 is 0. The van der Waals surface area contributed by atoms with Gasteiger partial charge in [0.1, 0.15) is 0 Å². The van der Waals surface area contributed by atoms with E-state index in [1.54, 1.807) is 18.0 Å². The van der Waals surface area contributed by atoms with Crippen LogP contribution in [0.15, 0.2) is 36.4 Å². The third kappa shape index (κ3) is 13.2. The zero-order chi connectivity index (χ0) is 30.4. The number of aryl methyl sites for hydroxylation is 1. The highest BCUT2D eigenvalue weighted by atomic mass is 19.4. The molecule has 0 unspecified atom stereocenters. The van der Waals surface area contributed by atoms with Crippen molar-refractivity contribution in [1.82, 2.24) is 10.3 Å². The minimum Gasteiger partial charge on any atom is -0.393 e. The predicted octanol–water partition coefficient (Wildman–Crippen LogP) is 4.50. The summed E-state index contributed by atoms with van der Waals surface area (Å²) < 4.78 is 38.8. The number of rotatable bonds is 18. The van der Waals surface area contributed by atoms with Gasteiger partial charge in [-0.25, -0.2) is 0 Å². The molecule has 0 aromatic heterocycles. The lowest BCUT2D eigenvalue weighted by molar-refractivity contribution is -0.492. The summed E-state index contributed by atoms with van der Waals surface area (Å²) in [7, 11) is 1.72. The van der Waals surface area contributed by atoms with Crippen LogP contribution in [-0.4, -0.2) is 80.4 Å². The Hall–Kier alpha value is -2.06. The summed E-state index contributed by atoms with van der Waals surface area (Å²) in [5.41, 5.74) is -0.197. The van der Waals surface area contributed by atoms with Crippen molar-refractivity contribution in [2.75, 3.05) is 20.2 Å². The summed E-state index contributed by atoms with van der Waals surface area (Å²) in [6.45, 7) is 0.676. The molecule has 5 atom stereocenters. The first-order valence-corrected chi connectivity index (χ1v) is 14.3. The first-order chi connectivity index (χ1) is 19.4. The maximum atomic E-state index is 12.9. The summed E-state index contributed by atoms with van der Waals surface area (Å²) in [6.07, 6.45) is 2.83. The quantitative estimate of drug-likeness (QED) is 0.0959. The van der Waals surface area contributed by atoms with Gasteiger partial charge in [0.2, 0.25) is 5.91 Å². The van der Waals surface area contributed by atoms with E-state index in [-0.39, 0.29) is 36.2 Å². The van der Waals surface area contributed by atoms with E-state index in [1.807, 2.05) is 12.2 Å². The van der Waals surface area contributed by atoms with Crippen LogP contribution in [0.4, 0.5) is 13.2 Å². The summed E-state index contributed by atoms with van der Waals surface area (Å²) in [5.74, 6) is -0.319. The molecule has 1 aromatic rings. The van der Waals surface area contributed by atoms with E-state index in [4.69, 9.17) is 10.4 Å². The molecule has 1 aromatic carbocycles. The monoisotopic (exact) mass is 590 g/mol. The number of aliphatic hydroxyl groups excluding tert-OH is 3. The normalized spacial score (nSPS) is 22.1. The van der Waals surface area contributed by atoms with E-state index in [2.05, 4.69) is 4.84 Å². The molecule has 9 nitrogen and oxygen atoms in total. The number of halogens is 3. The van der Waals surface area contributed by atoms with Crippen molar-refractivity contribution >= 4 is 5.91 Å². The zero-order valence-corrected chi connectivity index (χ0v) is 23.6. The van der Waals surface area contributed by atoms with Crippen molar-refractivity contribution in [3.8, 4) is 0 Å². The Bertz CT molecular complexity index is 932. The Morgan fingerprint density at radius 1 is 1.10 bits per heavy atom. The molecule has 234 valence electrons. The average molecular weight is 591 g/mol. The van der Waals surface area contributed by atoms with Gasteiger partial charge in [0.05, 0.1) is 35.9 Å². The molecule has 1 fully saturated rings. The number of amides is 1.